The van der Waals surface area contributed by atoms with Gasteiger partial charge in [-0.25, -0.2) is 15.0 Å². The summed E-state index contributed by atoms with van der Waals surface area (Å²) in [5.74, 6) is 1.72. The largest absolute Gasteiger partial charge is 0.384 e. The second-order valence-electron chi connectivity index (χ2n) is 4.16. The average Bonchev–Trinajstić information content (AvgIpc) is 2.90. The molecule has 0 aliphatic heterocycles. The van der Waals surface area contributed by atoms with Crippen molar-refractivity contribution >= 4 is 23.0 Å². The van der Waals surface area contributed by atoms with Crippen molar-refractivity contribution in [2.75, 3.05) is 17.7 Å². The number of nitrogens with two attached hydrogens (primary N) is 1. The van der Waals surface area contributed by atoms with Gasteiger partial charge in [-0.15, -0.1) is 11.3 Å². The van der Waals surface area contributed by atoms with Gasteiger partial charge in [0.25, 0.3) is 0 Å². The molecule has 2 heterocycles. The van der Waals surface area contributed by atoms with Crippen molar-refractivity contribution < 1.29 is 4.74 Å². The molecule has 0 aliphatic carbocycles. The Balaban J connectivity index is 1.99. The Kier molecular flexibility index (Phi) is 5.25. The minimum atomic E-state index is 0.369. The maximum Gasteiger partial charge on any atom is 0.158 e. The van der Waals surface area contributed by atoms with E-state index in [1.54, 1.807) is 17.4 Å². The van der Waals surface area contributed by atoms with Crippen LogP contribution >= 0.6 is 11.3 Å². The molecule has 2 rings (SSSR count). The van der Waals surface area contributed by atoms with Crippen LogP contribution in [-0.2, 0) is 24.3 Å². The maximum atomic E-state index is 5.77. The summed E-state index contributed by atoms with van der Waals surface area (Å²) < 4.78 is 5.29. The lowest BCUT2D eigenvalue weighted by Crippen LogP contribution is -2.07. The summed E-state index contributed by atoms with van der Waals surface area (Å²) in [6, 6.07) is 1.71. The number of nitrogens with one attached hydrogen (secondary N) is 1. The number of nitrogens with zero attached hydrogens (tertiary/aromatic N) is 3. The van der Waals surface area contributed by atoms with Crippen LogP contribution in [0.3, 0.4) is 0 Å². The molecule has 0 aliphatic rings. The fourth-order valence-electron chi connectivity index (χ4n) is 1.63. The van der Waals surface area contributed by atoms with Gasteiger partial charge in [0.1, 0.15) is 23.3 Å². The van der Waals surface area contributed by atoms with Crippen LogP contribution in [-0.4, -0.2) is 21.6 Å². The molecule has 0 atom stereocenters. The number of hydrogen-bond acceptors (Lipinski definition) is 7. The fraction of sp³-hybridized carbons (Fsp3) is 0.462. The summed E-state index contributed by atoms with van der Waals surface area (Å²) in [5.41, 5.74) is 5.77. The molecule has 0 radical (unpaired) electrons. The number of aromatic nitrogens is 3. The molecule has 6 nitrogen and oxygen atoms in total. The van der Waals surface area contributed by atoms with Crippen molar-refractivity contribution in [1.82, 2.24) is 15.0 Å². The summed E-state index contributed by atoms with van der Waals surface area (Å²) in [6.45, 7) is 5.68. The smallest absolute Gasteiger partial charge is 0.158 e. The predicted molar refractivity (Wildman–Crippen MR) is 80.6 cm³/mol. The number of thiazole rings is 1. The molecule has 0 amide bonds. The van der Waals surface area contributed by atoms with Crippen LogP contribution in [0, 0.1) is 0 Å². The van der Waals surface area contributed by atoms with Crippen LogP contribution in [0.2, 0.25) is 0 Å². The molecular formula is C13H19N5OS. The Bertz CT molecular complexity index is 557. The number of aryl methyl sites for hydroxylation is 1. The number of anilines is 2. The summed E-state index contributed by atoms with van der Waals surface area (Å²) >= 11 is 1.70. The van der Waals surface area contributed by atoms with E-state index in [9.17, 15) is 0 Å². The van der Waals surface area contributed by atoms with E-state index in [1.807, 2.05) is 13.1 Å². The Morgan fingerprint density at radius 3 is 2.90 bits per heavy atom. The quantitative estimate of drug-likeness (QED) is 0.814. The molecule has 0 fully saturated rings. The third kappa shape index (κ3) is 4.14. The highest BCUT2D eigenvalue weighted by molar-refractivity contribution is 7.11. The zero-order valence-electron chi connectivity index (χ0n) is 11.7. The van der Waals surface area contributed by atoms with Crippen LogP contribution in [0.5, 0.6) is 0 Å². The molecule has 0 spiro atoms. The van der Waals surface area contributed by atoms with Crippen LogP contribution in [0.1, 0.15) is 29.6 Å². The van der Waals surface area contributed by atoms with Crippen molar-refractivity contribution in [2.24, 2.45) is 0 Å². The standard InChI is InChI=1S/C13H19N5OS/c1-3-9-6-16-13(20-9)7-15-11-5-10(14)17-12(18-11)8-19-4-2/h5-6H,3-4,7-8H2,1-2H3,(H3,14,15,17,18). The molecule has 3 N–H and O–H groups in total. The van der Waals surface area contributed by atoms with E-state index < -0.39 is 0 Å². The molecule has 0 aromatic carbocycles. The van der Waals surface area contributed by atoms with Crippen molar-refractivity contribution in [3.05, 3.63) is 28.0 Å². The van der Waals surface area contributed by atoms with Gasteiger partial charge in [0.15, 0.2) is 5.82 Å². The van der Waals surface area contributed by atoms with Crippen molar-refractivity contribution in [2.45, 2.75) is 33.4 Å². The zero-order valence-corrected chi connectivity index (χ0v) is 12.5. The van der Waals surface area contributed by atoms with Gasteiger partial charge in [0.05, 0.1) is 6.54 Å². The van der Waals surface area contributed by atoms with Crippen molar-refractivity contribution in [1.29, 1.82) is 0 Å². The molecule has 108 valence electrons. The zero-order chi connectivity index (χ0) is 14.4. The van der Waals surface area contributed by atoms with E-state index >= 15 is 0 Å². The molecule has 2 aromatic heterocycles. The van der Waals surface area contributed by atoms with Gasteiger partial charge >= 0.3 is 0 Å². The third-order valence-corrected chi connectivity index (χ3v) is 3.74. The van der Waals surface area contributed by atoms with E-state index in [1.165, 1.54) is 4.88 Å². The molecule has 7 heteroatoms. The van der Waals surface area contributed by atoms with Gasteiger partial charge in [0, 0.05) is 23.7 Å². The van der Waals surface area contributed by atoms with Gasteiger partial charge in [-0.2, -0.15) is 0 Å². The van der Waals surface area contributed by atoms with Gasteiger partial charge in [-0.05, 0) is 13.3 Å². The number of ether oxygens (including phenoxy) is 1. The van der Waals surface area contributed by atoms with Crippen LogP contribution in [0.25, 0.3) is 0 Å². The van der Waals surface area contributed by atoms with Crippen molar-refractivity contribution in [3.63, 3.8) is 0 Å². The van der Waals surface area contributed by atoms with Crippen LogP contribution < -0.4 is 11.1 Å². The average molecular weight is 293 g/mol. The molecular weight excluding hydrogens is 274 g/mol. The van der Waals surface area contributed by atoms with Crippen molar-refractivity contribution in [3.8, 4) is 0 Å². The lowest BCUT2D eigenvalue weighted by molar-refractivity contribution is 0.128. The molecule has 0 saturated carbocycles. The minimum absolute atomic E-state index is 0.369. The molecule has 20 heavy (non-hydrogen) atoms. The topological polar surface area (TPSA) is 86.0 Å². The summed E-state index contributed by atoms with van der Waals surface area (Å²) in [4.78, 5) is 14.1. The second-order valence-corrected chi connectivity index (χ2v) is 5.36. The Hall–Kier alpha value is -1.73. The SMILES string of the molecule is CCOCc1nc(N)cc(NCc2ncc(CC)s2)n1. The van der Waals surface area contributed by atoms with E-state index in [-0.39, 0.29) is 0 Å². The number of rotatable bonds is 7. The highest BCUT2D eigenvalue weighted by Gasteiger charge is 2.05. The monoisotopic (exact) mass is 293 g/mol. The van der Waals surface area contributed by atoms with Crippen LogP contribution in [0.4, 0.5) is 11.6 Å². The first-order valence-electron chi connectivity index (χ1n) is 6.59. The second kappa shape index (κ2) is 7.16. The van der Waals surface area contributed by atoms with Gasteiger partial charge in [-0.3, -0.25) is 0 Å². The first-order chi connectivity index (χ1) is 9.71. The number of nitrogen functional groups attached to an aromatic ring is 1. The minimum Gasteiger partial charge on any atom is -0.384 e. The number of hydrogen-bond donors (Lipinski definition) is 2. The Morgan fingerprint density at radius 1 is 1.35 bits per heavy atom. The Morgan fingerprint density at radius 2 is 2.20 bits per heavy atom. The first kappa shape index (κ1) is 14.7. The van der Waals surface area contributed by atoms with E-state index in [2.05, 4.69) is 27.2 Å². The lowest BCUT2D eigenvalue weighted by atomic mass is 10.4. The van der Waals surface area contributed by atoms with Gasteiger partial charge in [-0.1, -0.05) is 6.92 Å². The summed E-state index contributed by atoms with van der Waals surface area (Å²) in [6.07, 6.45) is 2.92. The lowest BCUT2D eigenvalue weighted by Gasteiger charge is -2.07. The molecule has 2 aromatic rings. The highest BCUT2D eigenvalue weighted by Crippen LogP contribution is 2.15. The molecule has 0 unspecified atom stereocenters. The maximum absolute atomic E-state index is 5.77. The third-order valence-electron chi connectivity index (χ3n) is 2.60. The van der Waals surface area contributed by atoms with E-state index in [4.69, 9.17) is 10.5 Å². The van der Waals surface area contributed by atoms with E-state index in [0.29, 0.717) is 37.2 Å². The molecule has 0 bridgehead atoms. The summed E-state index contributed by atoms with van der Waals surface area (Å²) in [7, 11) is 0. The van der Waals surface area contributed by atoms with E-state index in [0.717, 1.165) is 11.4 Å². The van der Waals surface area contributed by atoms with Gasteiger partial charge in [0.2, 0.25) is 0 Å². The van der Waals surface area contributed by atoms with Crippen LogP contribution in [0.15, 0.2) is 12.3 Å². The molecule has 0 saturated heterocycles. The highest BCUT2D eigenvalue weighted by atomic mass is 32.1. The van der Waals surface area contributed by atoms with Gasteiger partial charge < -0.3 is 15.8 Å². The Labute approximate surface area is 122 Å². The predicted octanol–water partition coefficient (Wildman–Crippen LogP) is 2.23. The normalized spacial score (nSPS) is 10.7. The fourth-order valence-corrected chi connectivity index (χ4v) is 2.43. The first-order valence-corrected chi connectivity index (χ1v) is 7.41. The summed E-state index contributed by atoms with van der Waals surface area (Å²) in [5, 5.41) is 4.25.